The van der Waals surface area contributed by atoms with E-state index in [1.807, 2.05) is 0 Å². The van der Waals surface area contributed by atoms with Gasteiger partial charge in [0.2, 0.25) is 0 Å². The quantitative estimate of drug-likeness (QED) is 0.454. The highest BCUT2D eigenvalue weighted by Crippen LogP contribution is 2.34. The number of sulfone groups is 1. The minimum atomic E-state index is -3.38. The third kappa shape index (κ3) is 3.97. The van der Waals surface area contributed by atoms with Crippen LogP contribution in [0.4, 0.5) is 11.5 Å². The number of nitro benzene ring substituents is 1. The van der Waals surface area contributed by atoms with Crippen LogP contribution >= 0.6 is 11.6 Å². The number of carbonyl (C=O) groups excluding carboxylic acids is 1. The molecule has 2 heterocycles. The molecule has 0 bridgehead atoms. The number of ether oxygens (including phenoxy) is 1. The fraction of sp³-hybridized carbons (Fsp3) is 0.158. The Labute approximate surface area is 181 Å². The second-order valence-electron chi connectivity index (χ2n) is 6.79. The van der Waals surface area contributed by atoms with Gasteiger partial charge in [0.15, 0.2) is 9.84 Å². The first kappa shape index (κ1) is 20.8. The maximum absolute atomic E-state index is 13.0. The van der Waals surface area contributed by atoms with Crippen LogP contribution in [-0.4, -0.2) is 36.1 Å². The molecule has 10 nitrogen and oxygen atoms in total. The summed E-state index contributed by atoms with van der Waals surface area (Å²) in [5, 5.41) is 18.3. The largest absolute Gasteiger partial charge is 0.496 e. The van der Waals surface area contributed by atoms with E-state index in [9.17, 15) is 23.3 Å². The normalized spacial score (nSPS) is 14.1. The number of nitrogens with one attached hydrogen (secondary N) is 1. The molecule has 2 aromatic carbocycles. The van der Waals surface area contributed by atoms with Crippen molar-refractivity contribution < 1.29 is 22.9 Å². The molecule has 1 aliphatic heterocycles. The van der Waals surface area contributed by atoms with Crippen molar-refractivity contribution in [2.75, 3.05) is 12.4 Å². The third-order valence-electron chi connectivity index (χ3n) is 4.73. The van der Waals surface area contributed by atoms with Crippen molar-refractivity contribution in [1.82, 2.24) is 9.78 Å². The molecule has 3 aromatic rings. The van der Waals surface area contributed by atoms with Gasteiger partial charge in [0, 0.05) is 22.7 Å². The Bertz CT molecular complexity index is 1320. The Kier molecular flexibility index (Phi) is 5.15. The summed E-state index contributed by atoms with van der Waals surface area (Å²) in [5.74, 6) is -0.664. The lowest BCUT2D eigenvalue weighted by atomic mass is 10.2. The average Bonchev–Trinajstić information content (AvgIpc) is 3.20. The fourth-order valence-corrected chi connectivity index (χ4v) is 4.97. The number of amides is 1. The third-order valence-corrected chi connectivity index (χ3v) is 6.41. The molecule has 0 spiro atoms. The molecule has 0 atom stereocenters. The minimum Gasteiger partial charge on any atom is -0.496 e. The molecule has 31 heavy (non-hydrogen) atoms. The maximum atomic E-state index is 13.0. The van der Waals surface area contributed by atoms with Crippen molar-refractivity contribution in [3.8, 4) is 11.4 Å². The lowest BCUT2D eigenvalue weighted by Gasteiger charge is -2.13. The van der Waals surface area contributed by atoms with E-state index in [1.165, 1.54) is 42.1 Å². The zero-order chi connectivity index (χ0) is 22.3. The Hall–Kier alpha value is -3.44. The van der Waals surface area contributed by atoms with Crippen LogP contribution < -0.4 is 10.1 Å². The van der Waals surface area contributed by atoms with Gasteiger partial charge < -0.3 is 10.1 Å². The van der Waals surface area contributed by atoms with Crippen LogP contribution in [0.15, 0.2) is 42.5 Å². The van der Waals surface area contributed by atoms with Gasteiger partial charge in [0.25, 0.3) is 11.6 Å². The Morgan fingerprint density at radius 1 is 1.23 bits per heavy atom. The highest BCUT2D eigenvalue weighted by molar-refractivity contribution is 7.90. The molecular weight excluding hydrogens is 448 g/mol. The lowest BCUT2D eigenvalue weighted by molar-refractivity contribution is -0.384. The number of carbonyl (C=O) groups is 1. The number of rotatable bonds is 5. The molecule has 12 heteroatoms. The number of nitrogens with zero attached hydrogens (tertiary/aromatic N) is 3. The minimum absolute atomic E-state index is 0.111. The van der Waals surface area contributed by atoms with E-state index in [4.69, 9.17) is 16.3 Å². The zero-order valence-corrected chi connectivity index (χ0v) is 17.6. The van der Waals surface area contributed by atoms with Gasteiger partial charge in [-0.25, -0.2) is 13.1 Å². The molecule has 0 saturated heterocycles. The second kappa shape index (κ2) is 7.67. The standard InChI is InChI=1S/C19H15ClN4O6S/c1-30-17-7-2-11(20)8-14(17)19(25)21-18-15-9-31(28,29)10-16(15)22-23(18)12-3-5-13(6-4-12)24(26)27/h2-8H,9-10H2,1H3,(H,21,25). The molecule has 1 aromatic heterocycles. The van der Waals surface area contributed by atoms with Crippen molar-refractivity contribution in [3.63, 3.8) is 0 Å². The van der Waals surface area contributed by atoms with Crippen molar-refractivity contribution >= 4 is 38.9 Å². The summed E-state index contributed by atoms with van der Waals surface area (Å²) >= 11 is 6.01. The number of non-ortho nitro benzene ring substituents is 1. The molecule has 1 amide bonds. The number of hydrogen-bond acceptors (Lipinski definition) is 7. The van der Waals surface area contributed by atoms with E-state index in [1.54, 1.807) is 12.1 Å². The molecular formula is C19H15ClN4O6S. The summed E-state index contributed by atoms with van der Waals surface area (Å²) < 4.78 is 30.8. The van der Waals surface area contributed by atoms with Crippen molar-refractivity contribution in [1.29, 1.82) is 0 Å². The van der Waals surface area contributed by atoms with Crippen LogP contribution in [0.3, 0.4) is 0 Å². The second-order valence-corrected chi connectivity index (χ2v) is 9.29. The number of halogens is 1. The average molecular weight is 463 g/mol. The molecule has 0 aliphatic carbocycles. The topological polar surface area (TPSA) is 133 Å². The first-order valence-corrected chi connectivity index (χ1v) is 11.1. The maximum Gasteiger partial charge on any atom is 0.269 e. The first-order valence-electron chi connectivity index (χ1n) is 8.89. The summed E-state index contributed by atoms with van der Waals surface area (Å²) in [4.78, 5) is 23.4. The fourth-order valence-electron chi connectivity index (χ4n) is 3.31. The van der Waals surface area contributed by atoms with Gasteiger partial charge in [-0.3, -0.25) is 14.9 Å². The SMILES string of the molecule is COc1ccc(Cl)cc1C(=O)Nc1c2c(nn1-c1ccc([N+](=O)[O-])cc1)CS(=O)(=O)C2. The summed E-state index contributed by atoms with van der Waals surface area (Å²) in [6.07, 6.45) is 0. The predicted octanol–water partition coefficient (Wildman–Crippen LogP) is 3.12. The van der Waals surface area contributed by atoms with Gasteiger partial charge in [0.1, 0.15) is 11.6 Å². The van der Waals surface area contributed by atoms with Gasteiger partial charge >= 0.3 is 0 Å². The van der Waals surface area contributed by atoms with Crippen LogP contribution in [0.25, 0.3) is 5.69 Å². The Morgan fingerprint density at radius 2 is 1.94 bits per heavy atom. The van der Waals surface area contributed by atoms with Crippen molar-refractivity contribution in [2.45, 2.75) is 11.5 Å². The lowest BCUT2D eigenvalue weighted by Crippen LogP contribution is -2.17. The summed E-state index contributed by atoms with van der Waals surface area (Å²) in [7, 11) is -1.98. The molecule has 0 radical (unpaired) electrons. The molecule has 0 saturated carbocycles. The summed E-state index contributed by atoms with van der Waals surface area (Å²) in [6.45, 7) is 0. The molecule has 1 aliphatic rings. The molecule has 4 rings (SSSR count). The number of benzene rings is 2. The Morgan fingerprint density at radius 3 is 2.58 bits per heavy atom. The number of anilines is 1. The number of methoxy groups -OCH3 is 1. The number of aromatic nitrogens is 2. The van der Waals surface area contributed by atoms with Gasteiger partial charge in [-0.2, -0.15) is 5.10 Å². The van der Waals surface area contributed by atoms with Crippen molar-refractivity contribution in [2.24, 2.45) is 0 Å². The van der Waals surface area contributed by atoms with E-state index in [2.05, 4.69) is 10.4 Å². The van der Waals surface area contributed by atoms with Gasteiger partial charge in [0.05, 0.1) is 40.5 Å². The smallest absolute Gasteiger partial charge is 0.269 e. The predicted molar refractivity (Wildman–Crippen MR) is 113 cm³/mol. The summed E-state index contributed by atoms with van der Waals surface area (Å²) in [6, 6.07) is 10.1. The molecule has 0 unspecified atom stereocenters. The summed E-state index contributed by atoms with van der Waals surface area (Å²) in [5.41, 5.74) is 1.14. The van der Waals surface area contributed by atoms with Crippen molar-refractivity contribution in [3.05, 3.63) is 74.4 Å². The highest BCUT2D eigenvalue weighted by atomic mass is 35.5. The van der Waals surface area contributed by atoms with E-state index in [-0.39, 0.29) is 34.3 Å². The van der Waals surface area contributed by atoms with E-state index >= 15 is 0 Å². The van der Waals surface area contributed by atoms with E-state index < -0.39 is 20.7 Å². The Balaban J connectivity index is 1.78. The monoisotopic (exact) mass is 462 g/mol. The number of nitro groups is 1. The van der Waals surface area contributed by atoms with E-state index in [0.29, 0.717) is 22.0 Å². The van der Waals surface area contributed by atoms with Crippen LogP contribution in [0.5, 0.6) is 5.75 Å². The molecule has 160 valence electrons. The molecule has 1 N–H and O–H groups in total. The van der Waals surface area contributed by atoms with E-state index in [0.717, 1.165) is 0 Å². The highest BCUT2D eigenvalue weighted by Gasteiger charge is 2.33. The van der Waals surface area contributed by atoms with Crippen LogP contribution in [-0.2, 0) is 21.3 Å². The molecule has 0 fully saturated rings. The van der Waals surface area contributed by atoms with Gasteiger partial charge in [-0.05, 0) is 30.3 Å². The van der Waals surface area contributed by atoms with Gasteiger partial charge in [-0.15, -0.1) is 0 Å². The van der Waals surface area contributed by atoms with Crippen LogP contribution in [0.1, 0.15) is 21.6 Å². The zero-order valence-electron chi connectivity index (χ0n) is 16.0. The number of fused-ring (bicyclic) bond motifs is 1. The first-order chi connectivity index (χ1) is 14.7. The number of hydrogen-bond donors (Lipinski definition) is 1. The van der Waals surface area contributed by atoms with Crippen LogP contribution in [0.2, 0.25) is 5.02 Å². The van der Waals surface area contributed by atoms with Gasteiger partial charge in [-0.1, -0.05) is 11.6 Å². The van der Waals surface area contributed by atoms with Crippen LogP contribution in [0, 0.1) is 10.1 Å².